The lowest BCUT2D eigenvalue weighted by Crippen LogP contribution is -2.19. The van der Waals surface area contributed by atoms with Crippen LogP contribution in [0, 0.1) is 0 Å². The summed E-state index contributed by atoms with van der Waals surface area (Å²) in [6.45, 7) is 0. The number of rotatable bonds is 3. The van der Waals surface area contributed by atoms with Gasteiger partial charge in [0.2, 0.25) is 0 Å². The molecule has 0 atom stereocenters. The van der Waals surface area contributed by atoms with Crippen LogP contribution in [-0.4, -0.2) is 29.2 Å². The van der Waals surface area contributed by atoms with Gasteiger partial charge in [0, 0.05) is 37.9 Å². The fourth-order valence-electron chi connectivity index (χ4n) is 2.21. The lowest BCUT2D eigenvalue weighted by atomic mass is 10.2. The van der Waals surface area contributed by atoms with Gasteiger partial charge in [-0.05, 0) is 54.7 Å². The van der Waals surface area contributed by atoms with Crippen LogP contribution in [0.15, 0.2) is 54.9 Å². The van der Waals surface area contributed by atoms with Crippen LogP contribution in [0.5, 0.6) is 0 Å². The Hall–Kier alpha value is -2.73. The number of thiocarbonyl (C=S) groups is 1. The van der Waals surface area contributed by atoms with Crippen molar-refractivity contribution in [1.29, 1.82) is 0 Å². The van der Waals surface area contributed by atoms with Crippen LogP contribution >= 0.6 is 12.2 Å². The lowest BCUT2D eigenvalue weighted by Gasteiger charge is -2.14. The van der Waals surface area contributed by atoms with E-state index in [-0.39, 0.29) is 0 Å². The number of nitrogens with zero attached hydrogens (tertiary/aromatic N) is 3. The molecule has 3 rings (SSSR count). The van der Waals surface area contributed by atoms with E-state index in [9.17, 15) is 0 Å². The maximum absolute atomic E-state index is 5.38. The molecule has 3 aromatic rings. The molecule has 0 radical (unpaired) electrons. The molecule has 0 saturated carbocycles. The molecule has 6 heteroatoms. The largest absolute Gasteiger partial charge is 0.378 e. The number of hydrogen-bond donors (Lipinski definition) is 2. The van der Waals surface area contributed by atoms with Crippen LogP contribution in [0.25, 0.3) is 11.0 Å². The van der Waals surface area contributed by atoms with Crippen molar-refractivity contribution in [2.24, 2.45) is 0 Å². The van der Waals surface area contributed by atoms with Gasteiger partial charge in [0.25, 0.3) is 0 Å². The van der Waals surface area contributed by atoms with Crippen molar-refractivity contribution in [1.82, 2.24) is 9.97 Å². The van der Waals surface area contributed by atoms with Gasteiger partial charge < -0.3 is 15.5 Å². The second kappa shape index (κ2) is 6.58. The molecule has 2 aromatic heterocycles. The van der Waals surface area contributed by atoms with E-state index >= 15 is 0 Å². The van der Waals surface area contributed by atoms with E-state index in [4.69, 9.17) is 12.2 Å². The molecule has 0 bridgehead atoms. The Morgan fingerprint density at radius 3 is 2.48 bits per heavy atom. The average Bonchev–Trinajstić information content (AvgIpc) is 2.55. The minimum atomic E-state index is 0.515. The van der Waals surface area contributed by atoms with Gasteiger partial charge in [-0.25, -0.2) is 0 Å². The Labute approximate surface area is 140 Å². The summed E-state index contributed by atoms with van der Waals surface area (Å²) in [5.41, 5.74) is 4.52. The van der Waals surface area contributed by atoms with Crippen molar-refractivity contribution in [3.63, 3.8) is 0 Å². The third kappa shape index (κ3) is 3.54. The molecule has 23 heavy (non-hydrogen) atoms. The molecule has 116 valence electrons. The summed E-state index contributed by atoms with van der Waals surface area (Å²) in [5, 5.41) is 6.87. The number of aromatic nitrogens is 2. The maximum Gasteiger partial charge on any atom is 0.175 e. The molecule has 0 aliphatic heterocycles. The van der Waals surface area contributed by atoms with Gasteiger partial charge in [-0.3, -0.25) is 9.97 Å². The first-order valence-corrected chi connectivity index (χ1v) is 7.59. The second-order valence-electron chi connectivity index (χ2n) is 5.25. The average molecular weight is 323 g/mol. The molecule has 0 spiro atoms. The molecule has 0 saturated heterocycles. The minimum absolute atomic E-state index is 0.515. The third-order valence-electron chi connectivity index (χ3n) is 3.39. The molecule has 2 heterocycles. The quantitative estimate of drug-likeness (QED) is 0.720. The number of hydrogen-bond acceptors (Lipinski definition) is 4. The Balaban J connectivity index is 1.73. The van der Waals surface area contributed by atoms with Gasteiger partial charge in [-0.2, -0.15) is 0 Å². The molecule has 0 aliphatic rings. The molecule has 1 aromatic carbocycles. The van der Waals surface area contributed by atoms with Gasteiger partial charge in [0.1, 0.15) is 5.52 Å². The topological polar surface area (TPSA) is 53.1 Å². The van der Waals surface area contributed by atoms with E-state index in [1.807, 2.05) is 56.6 Å². The smallest absolute Gasteiger partial charge is 0.175 e. The summed E-state index contributed by atoms with van der Waals surface area (Å²) in [7, 11) is 4.02. The van der Waals surface area contributed by atoms with E-state index in [1.54, 1.807) is 12.4 Å². The highest BCUT2D eigenvalue weighted by Gasteiger charge is 2.05. The SMILES string of the molecule is CN(C)c1ccc(NC(=S)Nc2ccnc3cccnc23)cc1. The number of anilines is 3. The number of benzene rings is 1. The Morgan fingerprint density at radius 2 is 1.74 bits per heavy atom. The first-order valence-electron chi connectivity index (χ1n) is 7.18. The van der Waals surface area contributed by atoms with Crippen LogP contribution in [0.2, 0.25) is 0 Å². The van der Waals surface area contributed by atoms with Gasteiger partial charge >= 0.3 is 0 Å². The van der Waals surface area contributed by atoms with Gasteiger partial charge in [0.15, 0.2) is 5.11 Å². The maximum atomic E-state index is 5.38. The fourth-order valence-corrected chi connectivity index (χ4v) is 2.44. The third-order valence-corrected chi connectivity index (χ3v) is 3.59. The van der Waals surface area contributed by atoms with E-state index < -0.39 is 0 Å². The first-order chi connectivity index (χ1) is 11.1. The summed E-state index contributed by atoms with van der Waals surface area (Å²) in [6, 6.07) is 13.7. The molecular weight excluding hydrogens is 306 g/mol. The normalized spacial score (nSPS) is 10.3. The number of pyridine rings is 2. The van der Waals surface area contributed by atoms with Crippen molar-refractivity contribution in [2.75, 3.05) is 29.6 Å². The molecule has 0 aliphatic carbocycles. The van der Waals surface area contributed by atoms with E-state index in [2.05, 4.69) is 25.5 Å². The summed E-state index contributed by atoms with van der Waals surface area (Å²) < 4.78 is 0. The highest BCUT2D eigenvalue weighted by Crippen LogP contribution is 2.19. The fraction of sp³-hybridized carbons (Fsp3) is 0.118. The van der Waals surface area contributed by atoms with Gasteiger partial charge in [0.05, 0.1) is 11.2 Å². The zero-order valence-corrected chi connectivity index (χ0v) is 13.8. The molecule has 2 N–H and O–H groups in total. The monoisotopic (exact) mass is 323 g/mol. The summed E-state index contributed by atoms with van der Waals surface area (Å²) >= 11 is 5.38. The van der Waals surface area contributed by atoms with Crippen LogP contribution in [0.4, 0.5) is 17.1 Å². The summed E-state index contributed by atoms with van der Waals surface area (Å²) in [5.74, 6) is 0. The molecule has 0 unspecified atom stereocenters. The Bertz CT molecular complexity index is 825. The lowest BCUT2D eigenvalue weighted by molar-refractivity contribution is 1.13. The molecule has 5 nitrogen and oxygen atoms in total. The Kier molecular flexibility index (Phi) is 4.34. The first kappa shape index (κ1) is 15.2. The number of nitrogens with one attached hydrogen (secondary N) is 2. The van der Waals surface area contributed by atoms with E-state index in [1.165, 1.54) is 0 Å². The minimum Gasteiger partial charge on any atom is -0.378 e. The van der Waals surface area contributed by atoms with E-state index in [0.717, 1.165) is 28.1 Å². The van der Waals surface area contributed by atoms with Crippen molar-refractivity contribution < 1.29 is 0 Å². The van der Waals surface area contributed by atoms with Gasteiger partial charge in [-0.1, -0.05) is 0 Å². The van der Waals surface area contributed by atoms with Crippen LogP contribution in [-0.2, 0) is 0 Å². The van der Waals surface area contributed by atoms with Crippen molar-refractivity contribution in [3.8, 4) is 0 Å². The van der Waals surface area contributed by atoms with Crippen LogP contribution in [0.1, 0.15) is 0 Å². The standard InChI is InChI=1S/C17H17N5S/c1-22(2)13-7-5-12(6-8-13)20-17(23)21-15-9-11-18-14-4-3-10-19-16(14)15/h3-11H,1-2H3,(H2,18,20,21,23). The zero-order valence-electron chi connectivity index (χ0n) is 12.9. The Morgan fingerprint density at radius 1 is 0.957 bits per heavy atom. The van der Waals surface area contributed by atoms with Crippen molar-refractivity contribution in [2.45, 2.75) is 0 Å². The van der Waals surface area contributed by atoms with Crippen molar-refractivity contribution in [3.05, 3.63) is 54.9 Å². The van der Waals surface area contributed by atoms with Crippen LogP contribution in [0.3, 0.4) is 0 Å². The molecule has 0 fully saturated rings. The molecule has 0 amide bonds. The van der Waals surface area contributed by atoms with E-state index in [0.29, 0.717) is 5.11 Å². The summed E-state index contributed by atoms with van der Waals surface area (Å²) in [6.07, 6.45) is 3.48. The number of fused-ring (bicyclic) bond motifs is 1. The highest BCUT2D eigenvalue weighted by molar-refractivity contribution is 7.80. The second-order valence-corrected chi connectivity index (χ2v) is 5.66. The highest BCUT2D eigenvalue weighted by atomic mass is 32.1. The predicted octanol–water partition coefficient (Wildman–Crippen LogP) is 3.50. The zero-order chi connectivity index (χ0) is 16.2. The molecular formula is C17H17N5S. The predicted molar refractivity (Wildman–Crippen MR) is 100 cm³/mol. The van der Waals surface area contributed by atoms with Gasteiger partial charge in [-0.15, -0.1) is 0 Å². The summed E-state index contributed by atoms with van der Waals surface area (Å²) in [4.78, 5) is 10.7. The van der Waals surface area contributed by atoms with Crippen molar-refractivity contribution >= 4 is 45.4 Å². The van der Waals surface area contributed by atoms with Crippen LogP contribution < -0.4 is 15.5 Å².